The van der Waals surface area contributed by atoms with E-state index in [4.69, 9.17) is 23.2 Å². The van der Waals surface area contributed by atoms with Crippen molar-refractivity contribution >= 4 is 35.0 Å². The molecule has 0 aliphatic carbocycles. The Kier molecular flexibility index (Phi) is 7.73. The maximum atomic E-state index is 13.3. The fraction of sp³-hybridized carbons (Fsp3) is 0.391. The summed E-state index contributed by atoms with van der Waals surface area (Å²) in [5, 5.41) is 3.83. The highest BCUT2D eigenvalue weighted by Gasteiger charge is 2.29. The van der Waals surface area contributed by atoms with Crippen molar-refractivity contribution in [3.05, 3.63) is 69.2 Å². The zero-order chi connectivity index (χ0) is 21.8. The molecule has 0 bridgehead atoms. The third-order valence-electron chi connectivity index (χ3n) is 4.66. The first-order chi connectivity index (χ1) is 13.5. The van der Waals surface area contributed by atoms with E-state index in [1.54, 1.807) is 30.0 Å². The van der Waals surface area contributed by atoms with Gasteiger partial charge in [-0.05, 0) is 63.4 Å². The van der Waals surface area contributed by atoms with Gasteiger partial charge < -0.3 is 10.2 Å². The van der Waals surface area contributed by atoms with E-state index >= 15 is 0 Å². The highest BCUT2D eigenvalue weighted by Crippen LogP contribution is 2.26. The van der Waals surface area contributed by atoms with Gasteiger partial charge in [0.05, 0.1) is 6.42 Å². The first-order valence-corrected chi connectivity index (χ1v) is 10.3. The lowest BCUT2D eigenvalue weighted by Crippen LogP contribution is -2.52. The van der Waals surface area contributed by atoms with Crippen LogP contribution in [0.15, 0.2) is 42.5 Å². The van der Waals surface area contributed by atoms with E-state index in [-0.39, 0.29) is 18.2 Å². The Morgan fingerprint density at radius 3 is 2.17 bits per heavy atom. The quantitative estimate of drug-likeness (QED) is 0.680. The molecule has 156 valence electrons. The lowest BCUT2D eigenvalue weighted by molar-refractivity contribution is -0.140. The second-order valence-corrected chi connectivity index (χ2v) is 9.05. The Morgan fingerprint density at radius 1 is 1.03 bits per heavy atom. The zero-order valence-electron chi connectivity index (χ0n) is 17.6. The molecule has 0 fully saturated rings. The summed E-state index contributed by atoms with van der Waals surface area (Å²) in [6, 6.07) is 12.3. The molecule has 0 saturated carbocycles. The van der Waals surface area contributed by atoms with Crippen LogP contribution in [0.2, 0.25) is 10.0 Å². The van der Waals surface area contributed by atoms with E-state index in [0.717, 1.165) is 11.1 Å². The Balaban J connectivity index is 2.34. The predicted octanol–water partition coefficient (Wildman–Crippen LogP) is 5.18. The van der Waals surface area contributed by atoms with E-state index in [0.29, 0.717) is 22.2 Å². The minimum absolute atomic E-state index is 0.0253. The number of benzene rings is 2. The van der Waals surface area contributed by atoms with Crippen LogP contribution in [0.25, 0.3) is 0 Å². The Labute approximate surface area is 183 Å². The van der Waals surface area contributed by atoms with Crippen molar-refractivity contribution < 1.29 is 9.59 Å². The molecule has 2 rings (SSSR count). The standard InChI is InChI=1S/C23H28Cl2N2O2/c1-15-9-6-7-10-17(15)14-27(16(2)22(29)26-23(3,4)5)21(28)13-18-19(24)11-8-12-20(18)25/h6-12,16H,13-14H2,1-5H3,(H,26,29)/t16-/m1/s1. The molecule has 0 radical (unpaired) electrons. The summed E-state index contributed by atoms with van der Waals surface area (Å²) < 4.78 is 0. The Hall–Kier alpha value is -2.04. The number of carbonyl (C=O) groups excluding carboxylic acids is 2. The van der Waals surface area contributed by atoms with Crippen LogP contribution in [-0.2, 0) is 22.6 Å². The lowest BCUT2D eigenvalue weighted by atomic mass is 10.0. The van der Waals surface area contributed by atoms with Crippen LogP contribution in [0, 0.1) is 6.92 Å². The molecule has 0 aromatic heterocycles. The van der Waals surface area contributed by atoms with Crippen LogP contribution in [0.4, 0.5) is 0 Å². The molecule has 1 atom stereocenters. The number of carbonyl (C=O) groups is 2. The van der Waals surface area contributed by atoms with Gasteiger partial charge in [0.15, 0.2) is 0 Å². The molecule has 0 heterocycles. The fourth-order valence-electron chi connectivity index (χ4n) is 2.98. The van der Waals surface area contributed by atoms with Crippen molar-refractivity contribution in [2.45, 2.75) is 59.2 Å². The predicted molar refractivity (Wildman–Crippen MR) is 119 cm³/mol. The molecule has 0 aliphatic heterocycles. The van der Waals surface area contributed by atoms with Crippen LogP contribution in [0.1, 0.15) is 44.4 Å². The van der Waals surface area contributed by atoms with Crippen molar-refractivity contribution in [2.24, 2.45) is 0 Å². The maximum absolute atomic E-state index is 13.3. The summed E-state index contributed by atoms with van der Waals surface area (Å²) in [6.45, 7) is 9.79. The van der Waals surface area contributed by atoms with Crippen molar-refractivity contribution in [3.8, 4) is 0 Å². The molecule has 0 aliphatic rings. The average molecular weight is 435 g/mol. The number of rotatable bonds is 6. The number of amides is 2. The van der Waals surface area contributed by atoms with Gasteiger partial charge in [-0.3, -0.25) is 9.59 Å². The first kappa shape index (κ1) is 23.2. The summed E-state index contributed by atoms with van der Waals surface area (Å²) in [4.78, 5) is 27.7. The third kappa shape index (κ3) is 6.48. The molecule has 2 amide bonds. The molecule has 1 N–H and O–H groups in total. The van der Waals surface area contributed by atoms with Crippen LogP contribution in [0.3, 0.4) is 0 Å². The lowest BCUT2D eigenvalue weighted by Gasteiger charge is -2.32. The van der Waals surface area contributed by atoms with E-state index < -0.39 is 11.6 Å². The van der Waals surface area contributed by atoms with Gasteiger partial charge in [-0.1, -0.05) is 53.5 Å². The second-order valence-electron chi connectivity index (χ2n) is 8.24. The van der Waals surface area contributed by atoms with Gasteiger partial charge in [0.1, 0.15) is 6.04 Å². The minimum atomic E-state index is -0.650. The largest absolute Gasteiger partial charge is 0.350 e. The van der Waals surface area contributed by atoms with Crippen LogP contribution in [0.5, 0.6) is 0 Å². The minimum Gasteiger partial charge on any atom is -0.350 e. The van der Waals surface area contributed by atoms with Gasteiger partial charge in [0, 0.05) is 22.1 Å². The number of hydrogen-bond acceptors (Lipinski definition) is 2. The summed E-state index contributed by atoms with van der Waals surface area (Å²) in [5.74, 6) is -0.412. The third-order valence-corrected chi connectivity index (χ3v) is 5.37. The summed E-state index contributed by atoms with van der Waals surface area (Å²) in [7, 11) is 0. The summed E-state index contributed by atoms with van der Waals surface area (Å²) in [6.07, 6.45) is 0.0253. The van der Waals surface area contributed by atoms with E-state index in [1.807, 2.05) is 52.0 Å². The van der Waals surface area contributed by atoms with Crippen molar-refractivity contribution in [1.29, 1.82) is 0 Å². The molecular weight excluding hydrogens is 407 g/mol. The van der Waals surface area contributed by atoms with Gasteiger partial charge in [-0.25, -0.2) is 0 Å². The number of halogens is 2. The Bertz CT molecular complexity index is 870. The molecule has 2 aromatic carbocycles. The number of aryl methyl sites for hydroxylation is 1. The van der Waals surface area contributed by atoms with Crippen LogP contribution in [-0.4, -0.2) is 28.3 Å². The van der Waals surface area contributed by atoms with Gasteiger partial charge in [0.2, 0.25) is 11.8 Å². The van der Waals surface area contributed by atoms with Gasteiger partial charge in [-0.2, -0.15) is 0 Å². The van der Waals surface area contributed by atoms with Gasteiger partial charge in [0.25, 0.3) is 0 Å². The average Bonchev–Trinajstić information content (AvgIpc) is 2.62. The number of nitrogens with one attached hydrogen (secondary N) is 1. The van der Waals surface area contributed by atoms with E-state index in [9.17, 15) is 9.59 Å². The SMILES string of the molecule is Cc1ccccc1CN(C(=O)Cc1c(Cl)cccc1Cl)[C@H](C)C(=O)NC(C)(C)C. The molecule has 0 spiro atoms. The van der Waals surface area contributed by atoms with Gasteiger partial charge in [-0.15, -0.1) is 0 Å². The molecule has 29 heavy (non-hydrogen) atoms. The highest BCUT2D eigenvalue weighted by molar-refractivity contribution is 6.36. The van der Waals surface area contributed by atoms with Crippen molar-refractivity contribution in [2.75, 3.05) is 0 Å². The Morgan fingerprint density at radius 2 is 1.62 bits per heavy atom. The summed E-state index contributed by atoms with van der Waals surface area (Å²) in [5.41, 5.74) is 2.22. The number of hydrogen-bond donors (Lipinski definition) is 1. The van der Waals surface area contributed by atoms with Crippen LogP contribution >= 0.6 is 23.2 Å². The molecule has 0 unspecified atom stereocenters. The fourth-order valence-corrected chi connectivity index (χ4v) is 3.51. The number of nitrogens with zero attached hydrogens (tertiary/aromatic N) is 1. The molecule has 6 heteroatoms. The smallest absolute Gasteiger partial charge is 0.242 e. The molecular formula is C23H28Cl2N2O2. The monoisotopic (exact) mass is 434 g/mol. The maximum Gasteiger partial charge on any atom is 0.242 e. The summed E-state index contributed by atoms with van der Waals surface area (Å²) >= 11 is 12.5. The second kappa shape index (κ2) is 9.64. The van der Waals surface area contributed by atoms with Crippen LogP contribution < -0.4 is 5.32 Å². The zero-order valence-corrected chi connectivity index (χ0v) is 19.1. The van der Waals surface area contributed by atoms with E-state index in [2.05, 4.69) is 5.32 Å². The first-order valence-electron chi connectivity index (χ1n) is 9.58. The van der Waals surface area contributed by atoms with Gasteiger partial charge >= 0.3 is 0 Å². The van der Waals surface area contributed by atoms with Crippen molar-refractivity contribution in [3.63, 3.8) is 0 Å². The molecule has 4 nitrogen and oxygen atoms in total. The molecule has 0 saturated heterocycles. The van der Waals surface area contributed by atoms with E-state index in [1.165, 1.54) is 0 Å². The van der Waals surface area contributed by atoms with Crippen molar-refractivity contribution in [1.82, 2.24) is 10.2 Å². The highest BCUT2D eigenvalue weighted by atomic mass is 35.5. The molecule has 2 aromatic rings. The normalized spacial score (nSPS) is 12.4. The topological polar surface area (TPSA) is 49.4 Å².